The zero-order valence-electron chi connectivity index (χ0n) is 22.4. The quantitative estimate of drug-likeness (QED) is 0.457. The number of nitro groups is 1. The van der Waals surface area contributed by atoms with Crippen molar-refractivity contribution in [2.45, 2.75) is 46.1 Å². The van der Waals surface area contributed by atoms with Gasteiger partial charge in [-0.1, -0.05) is 0 Å². The summed E-state index contributed by atoms with van der Waals surface area (Å²) in [5.74, 6) is 0.0723. The van der Waals surface area contributed by atoms with Crippen LogP contribution in [0.2, 0.25) is 0 Å². The smallest absolute Gasteiger partial charge is 0.410 e. The Balaban J connectivity index is 0.000000266. The van der Waals surface area contributed by atoms with Crippen LogP contribution in [0.4, 0.5) is 33.6 Å². The minimum atomic E-state index is -0.603. The molecule has 3 heterocycles. The molecule has 0 spiro atoms. The summed E-state index contributed by atoms with van der Waals surface area (Å²) in [6.45, 7) is 13.6. The average Bonchev–Trinajstić information content (AvgIpc) is 3.35. The second kappa shape index (κ2) is 12.0. The molecule has 0 atom stereocenters. The van der Waals surface area contributed by atoms with Gasteiger partial charge in [-0.3, -0.25) is 10.1 Å². The van der Waals surface area contributed by atoms with Crippen molar-refractivity contribution in [1.82, 2.24) is 19.8 Å². The Kier molecular flexibility index (Phi) is 9.09. The fourth-order valence-electron chi connectivity index (χ4n) is 4.08. The molecule has 2 aromatic rings. The highest BCUT2D eigenvalue weighted by atomic mass is 16.6. The van der Waals surface area contributed by atoms with Crippen LogP contribution in [0.3, 0.4) is 0 Å². The first-order chi connectivity index (χ1) is 17.4. The van der Waals surface area contributed by atoms with E-state index in [9.17, 15) is 14.9 Å². The van der Waals surface area contributed by atoms with Gasteiger partial charge in [-0.2, -0.15) is 4.98 Å². The fourth-order valence-corrected chi connectivity index (χ4v) is 4.08. The van der Waals surface area contributed by atoms with Crippen molar-refractivity contribution >= 4 is 34.9 Å². The summed E-state index contributed by atoms with van der Waals surface area (Å²) in [7, 11) is 2.13. The van der Waals surface area contributed by atoms with E-state index in [1.165, 1.54) is 5.69 Å². The molecule has 2 aliphatic rings. The molecule has 0 aliphatic carbocycles. The molecule has 1 aromatic heterocycles. The number of carbonyl (C=O) groups is 1. The summed E-state index contributed by atoms with van der Waals surface area (Å²) in [5.41, 5.74) is 8.10. The van der Waals surface area contributed by atoms with Crippen molar-refractivity contribution in [3.05, 3.63) is 40.1 Å². The maximum absolute atomic E-state index is 11.4. The monoisotopic (exact) mass is 514 g/mol. The molecule has 4 rings (SSSR count). The Bertz CT molecular complexity index is 1090. The molecular weight excluding hydrogens is 476 g/mol. The summed E-state index contributed by atoms with van der Waals surface area (Å²) >= 11 is 0. The minimum Gasteiger partial charge on any atom is -0.444 e. The van der Waals surface area contributed by atoms with Crippen LogP contribution in [-0.4, -0.2) is 82.7 Å². The number of piperazine rings is 1. The first kappa shape index (κ1) is 27.9. The van der Waals surface area contributed by atoms with Crippen molar-refractivity contribution in [2.24, 2.45) is 0 Å². The third-order valence-electron chi connectivity index (χ3n) is 6.05. The van der Waals surface area contributed by atoms with Gasteiger partial charge in [0.2, 0.25) is 11.8 Å². The van der Waals surface area contributed by atoms with Gasteiger partial charge in [-0.25, -0.2) is 9.78 Å². The summed E-state index contributed by atoms with van der Waals surface area (Å²) < 4.78 is 5.21. The number of rotatable bonds is 4. The van der Waals surface area contributed by atoms with E-state index in [-0.39, 0.29) is 29.1 Å². The first-order valence-electron chi connectivity index (χ1n) is 12.5. The molecule has 1 aromatic carbocycles. The van der Waals surface area contributed by atoms with Crippen molar-refractivity contribution < 1.29 is 14.5 Å². The van der Waals surface area contributed by atoms with Crippen LogP contribution in [0, 0.1) is 17.0 Å². The lowest BCUT2D eigenvalue weighted by Crippen LogP contribution is -2.44. The highest BCUT2D eigenvalue weighted by molar-refractivity contribution is 5.68. The number of amides is 1. The van der Waals surface area contributed by atoms with Crippen LogP contribution in [-0.2, 0) is 4.74 Å². The number of nitrogens with two attached hydrogens (primary N) is 1. The Morgan fingerprint density at radius 1 is 1.14 bits per heavy atom. The van der Waals surface area contributed by atoms with Crippen molar-refractivity contribution in [3.8, 4) is 0 Å². The summed E-state index contributed by atoms with van der Waals surface area (Å²) in [6, 6.07) is 6.02. The largest absolute Gasteiger partial charge is 0.444 e. The van der Waals surface area contributed by atoms with Gasteiger partial charge >= 0.3 is 11.8 Å². The number of ether oxygens (including phenoxy) is 1. The number of carbonyl (C=O) groups excluding carboxylic acids is 1. The van der Waals surface area contributed by atoms with Gasteiger partial charge in [0.25, 0.3) is 0 Å². The Morgan fingerprint density at radius 2 is 1.78 bits per heavy atom. The predicted octanol–water partition coefficient (Wildman–Crippen LogP) is 3.79. The van der Waals surface area contributed by atoms with E-state index in [1.54, 1.807) is 4.90 Å². The Hall–Kier alpha value is -3.67. The second-order valence-electron chi connectivity index (χ2n) is 10.3. The third-order valence-corrected chi connectivity index (χ3v) is 6.05. The highest BCUT2D eigenvalue weighted by Gasteiger charge is 2.24. The number of aromatic nitrogens is 2. The number of likely N-dealkylation sites (N-methyl/N-ethyl adjacent to an activating group) is 1. The van der Waals surface area contributed by atoms with Crippen molar-refractivity contribution in [1.29, 1.82) is 0 Å². The number of nitrogen functional groups attached to an aromatic ring is 1. The summed E-state index contributed by atoms with van der Waals surface area (Å²) in [4.78, 5) is 35.9. The van der Waals surface area contributed by atoms with Crippen LogP contribution in [0.1, 0.15) is 39.2 Å². The molecule has 0 unspecified atom stereocenters. The van der Waals surface area contributed by atoms with E-state index >= 15 is 0 Å². The molecule has 12 heteroatoms. The van der Waals surface area contributed by atoms with Crippen molar-refractivity contribution in [3.63, 3.8) is 0 Å². The van der Waals surface area contributed by atoms with Gasteiger partial charge in [-0.15, -0.1) is 0 Å². The van der Waals surface area contributed by atoms with E-state index < -0.39 is 4.92 Å². The minimum absolute atomic E-state index is 0.159. The summed E-state index contributed by atoms with van der Waals surface area (Å²) in [5, 5.41) is 13.8. The zero-order valence-corrected chi connectivity index (χ0v) is 22.4. The van der Waals surface area contributed by atoms with E-state index in [0.717, 1.165) is 69.6 Å². The molecule has 1 amide bonds. The lowest BCUT2D eigenvalue weighted by Gasteiger charge is -2.35. The second-order valence-corrected chi connectivity index (χ2v) is 10.3. The molecule has 12 nitrogen and oxygen atoms in total. The number of hydrogen-bond acceptors (Lipinski definition) is 10. The number of nitrogens with one attached hydrogen (secondary N) is 1. The van der Waals surface area contributed by atoms with E-state index in [0.29, 0.717) is 0 Å². The maximum atomic E-state index is 11.4. The highest BCUT2D eigenvalue weighted by Crippen LogP contribution is 2.26. The average molecular weight is 515 g/mol. The SMILES string of the molecule is CC(C)(C)OC(=O)N1CCCC1.Cc1cc(Nc2ncc([N+](=O)[O-])c(N)n2)ccc1N1CCN(C)CC1. The number of benzene rings is 1. The van der Waals surface area contributed by atoms with Crippen LogP contribution >= 0.6 is 0 Å². The molecule has 0 radical (unpaired) electrons. The van der Waals surface area contributed by atoms with Crippen LogP contribution in [0.15, 0.2) is 24.4 Å². The standard InChI is InChI=1S/C16H21N7O2.C9H17NO2/c1-11-9-12(3-4-13(11)22-7-5-21(2)6-8-22)19-16-18-10-14(23(24)25)15(17)20-16;1-9(2,3)12-8(11)10-6-4-5-7-10/h3-4,9-10H,5-8H2,1-2H3,(H3,17,18,19,20);4-7H2,1-3H3. The van der Waals surface area contributed by atoms with Gasteiger partial charge in [0.15, 0.2) is 0 Å². The lowest BCUT2D eigenvalue weighted by molar-refractivity contribution is -0.384. The number of likely N-dealkylation sites (tertiary alicyclic amines) is 1. The summed E-state index contributed by atoms with van der Waals surface area (Å²) in [6.07, 6.45) is 3.16. The Labute approximate surface area is 217 Å². The fraction of sp³-hybridized carbons (Fsp3) is 0.560. The molecule has 2 saturated heterocycles. The normalized spacial score (nSPS) is 16.1. The van der Waals surface area contributed by atoms with Gasteiger partial charge in [-0.05, 0) is 71.3 Å². The van der Waals surface area contributed by atoms with Gasteiger partial charge < -0.3 is 30.5 Å². The number of anilines is 4. The number of nitrogens with zero attached hydrogens (tertiary/aromatic N) is 6. The van der Waals surface area contributed by atoms with Gasteiger partial charge in [0.1, 0.15) is 11.8 Å². The molecule has 3 N–H and O–H groups in total. The number of aryl methyl sites for hydroxylation is 1. The van der Waals surface area contributed by atoms with E-state index in [1.807, 2.05) is 32.9 Å². The van der Waals surface area contributed by atoms with Crippen LogP contribution in [0.5, 0.6) is 0 Å². The molecule has 2 aliphatic heterocycles. The molecule has 2 fully saturated rings. The maximum Gasteiger partial charge on any atom is 0.410 e. The van der Waals surface area contributed by atoms with Crippen molar-refractivity contribution in [2.75, 3.05) is 62.3 Å². The number of hydrogen-bond donors (Lipinski definition) is 2. The molecule has 0 bridgehead atoms. The van der Waals surface area contributed by atoms with E-state index in [2.05, 4.69) is 45.1 Å². The molecule has 0 saturated carbocycles. The van der Waals surface area contributed by atoms with Gasteiger partial charge in [0.05, 0.1) is 4.92 Å². The lowest BCUT2D eigenvalue weighted by atomic mass is 10.1. The van der Waals surface area contributed by atoms with Crippen LogP contribution < -0.4 is 16.0 Å². The molecule has 202 valence electrons. The Morgan fingerprint density at radius 3 is 2.32 bits per heavy atom. The third kappa shape index (κ3) is 8.17. The van der Waals surface area contributed by atoms with Gasteiger partial charge in [0, 0.05) is 50.6 Å². The first-order valence-corrected chi connectivity index (χ1v) is 12.5. The zero-order chi connectivity index (χ0) is 27.2. The topological polar surface area (TPSA) is 143 Å². The van der Waals surface area contributed by atoms with Crippen LogP contribution in [0.25, 0.3) is 0 Å². The predicted molar refractivity (Wildman–Crippen MR) is 144 cm³/mol. The van der Waals surface area contributed by atoms with E-state index in [4.69, 9.17) is 10.5 Å². The molecular formula is C25H38N8O4. The molecule has 37 heavy (non-hydrogen) atoms.